The predicted octanol–water partition coefficient (Wildman–Crippen LogP) is 1.87. The molecule has 2 fully saturated rings. The molecule has 1 heterocycles. The van der Waals surface area contributed by atoms with E-state index in [1.165, 1.54) is 0 Å². The van der Waals surface area contributed by atoms with Crippen LogP contribution >= 0.6 is 0 Å². The van der Waals surface area contributed by atoms with Gasteiger partial charge in [-0.1, -0.05) is 30.3 Å². The first-order valence-corrected chi connectivity index (χ1v) is 6.64. The van der Waals surface area contributed by atoms with E-state index < -0.39 is 0 Å². The lowest BCUT2D eigenvalue weighted by Crippen LogP contribution is -2.67. The maximum Gasteiger partial charge on any atom is 0.316 e. The molecule has 1 aliphatic heterocycles. The molecule has 0 atom stereocenters. The zero-order valence-corrected chi connectivity index (χ0v) is 10.7. The van der Waals surface area contributed by atoms with E-state index in [1.807, 2.05) is 25.1 Å². The molecular weight excluding hydrogens is 226 g/mol. The Morgan fingerprint density at radius 2 is 1.94 bits per heavy atom. The van der Waals surface area contributed by atoms with E-state index in [4.69, 9.17) is 4.74 Å². The Balaban J connectivity index is 1.88. The van der Waals surface area contributed by atoms with Crippen LogP contribution in [0.15, 0.2) is 30.3 Å². The molecule has 1 aromatic rings. The van der Waals surface area contributed by atoms with Crippen LogP contribution in [0.5, 0.6) is 0 Å². The van der Waals surface area contributed by atoms with Gasteiger partial charge in [0.2, 0.25) is 0 Å². The highest BCUT2D eigenvalue weighted by Gasteiger charge is 2.62. The van der Waals surface area contributed by atoms with E-state index in [2.05, 4.69) is 17.4 Å². The minimum Gasteiger partial charge on any atom is -0.465 e. The first kappa shape index (κ1) is 11.7. The number of hydrogen-bond donors (Lipinski definition) is 1. The SMILES string of the molecule is CCOC(=O)C1(c2ccccc2)CC2(CNC2)C1. The second kappa shape index (κ2) is 4.09. The molecule has 0 unspecified atom stereocenters. The van der Waals surface area contributed by atoms with Crippen LogP contribution in [0.4, 0.5) is 0 Å². The third-order valence-corrected chi connectivity index (χ3v) is 4.35. The summed E-state index contributed by atoms with van der Waals surface area (Å²) in [4.78, 5) is 12.3. The van der Waals surface area contributed by atoms with Gasteiger partial charge in [-0.2, -0.15) is 0 Å². The van der Waals surface area contributed by atoms with Crippen molar-refractivity contribution in [2.24, 2.45) is 5.41 Å². The molecule has 0 radical (unpaired) electrons. The molecular formula is C15H19NO2. The molecule has 1 saturated carbocycles. The third-order valence-electron chi connectivity index (χ3n) is 4.35. The number of esters is 1. The number of ether oxygens (including phenoxy) is 1. The van der Waals surface area contributed by atoms with E-state index >= 15 is 0 Å². The Hall–Kier alpha value is -1.35. The Morgan fingerprint density at radius 1 is 1.28 bits per heavy atom. The van der Waals surface area contributed by atoms with Crippen LogP contribution in [-0.2, 0) is 14.9 Å². The Morgan fingerprint density at radius 3 is 2.44 bits per heavy atom. The molecule has 0 amide bonds. The minimum atomic E-state index is -0.390. The quantitative estimate of drug-likeness (QED) is 0.826. The Bertz CT molecular complexity index is 443. The fourth-order valence-corrected chi connectivity index (χ4v) is 3.45. The van der Waals surface area contributed by atoms with Gasteiger partial charge < -0.3 is 10.1 Å². The normalized spacial score (nSPS) is 22.9. The Kier molecular flexibility index (Phi) is 2.67. The lowest BCUT2D eigenvalue weighted by molar-refractivity contribution is -0.164. The van der Waals surface area contributed by atoms with E-state index in [9.17, 15) is 4.79 Å². The van der Waals surface area contributed by atoms with Gasteiger partial charge in [-0.3, -0.25) is 4.79 Å². The summed E-state index contributed by atoms with van der Waals surface area (Å²) in [5.41, 5.74) is 1.07. The molecule has 18 heavy (non-hydrogen) atoms. The van der Waals surface area contributed by atoms with Crippen LogP contribution in [0, 0.1) is 5.41 Å². The van der Waals surface area contributed by atoms with Gasteiger partial charge in [0.25, 0.3) is 0 Å². The van der Waals surface area contributed by atoms with Gasteiger partial charge in [0.05, 0.1) is 12.0 Å². The Labute approximate surface area is 108 Å². The van der Waals surface area contributed by atoms with E-state index in [1.54, 1.807) is 0 Å². The van der Waals surface area contributed by atoms with E-state index in [0.29, 0.717) is 12.0 Å². The number of carbonyl (C=O) groups is 1. The van der Waals surface area contributed by atoms with Crippen LogP contribution in [0.2, 0.25) is 0 Å². The highest BCUT2D eigenvalue weighted by atomic mass is 16.5. The van der Waals surface area contributed by atoms with Crippen molar-refractivity contribution in [2.75, 3.05) is 19.7 Å². The molecule has 96 valence electrons. The van der Waals surface area contributed by atoms with Crippen LogP contribution in [0.25, 0.3) is 0 Å². The molecule has 1 aromatic carbocycles. The maximum absolute atomic E-state index is 12.3. The number of benzene rings is 1. The van der Waals surface area contributed by atoms with Gasteiger partial charge in [-0.25, -0.2) is 0 Å². The van der Waals surface area contributed by atoms with Gasteiger partial charge in [-0.15, -0.1) is 0 Å². The average molecular weight is 245 g/mol. The van der Waals surface area contributed by atoms with Crippen molar-refractivity contribution in [3.8, 4) is 0 Å². The molecule has 1 N–H and O–H groups in total. The number of rotatable bonds is 3. The number of carbonyl (C=O) groups excluding carboxylic acids is 1. The van der Waals surface area contributed by atoms with Crippen LogP contribution < -0.4 is 5.32 Å². The molecule has 0 aromatic heterocycles. The molecule has 0 bridgehead atoms. The fourth-order valence-electron chi connectivity index (χ4n) is 3.45. The van der Waals surface area contributed by atoms with Gasteiger partial charge in [0.1, 0.15) is 0 Å². The van der Waals surface area contributed by atoms with Crippen LogP contribution in [0.1, 0.15) is 25.3 Å². The summed E-state index contributed by atoms with van der Waals surface area (Å²) in [6.45, 7) is 4.41. The largest absolute Gasteiger partial charge is 0.465 e. The van der Waals surface area contributed by atoms with Gasteiger partial charge >= 0.3 is 5.97 Å². The molecule has 1 saturated heterocycles. The van der Waals surface area contributed by atoms with Gasteiger partial charge in [-0.05, 0) is 30.7 Å². The summed E-state index contributed by atoms with van der Waals surface area (Å²) in [6, 6.07) is 10.1. The summed E-state index contributed by atoms with van der Waals surface area (Å²) >= 11 is 0. The van der Waals surface area contributed by atoms with E-state index in [-0.39, 0.29) is 11.4 Å². The van der Waals surface area contributed by atoms with Crippen molar-refractivity contribution in [2.45, 2.75) is 25.2 Å². The summed E-state index contributed by atoms with van der Waals surface area (Å²) in [6.07, 6.45) is 1.85. The zero-order valence-electron chi connectivity index (χ0n) is 10.7. The molecule has 3 nitrogen and oxygen atoms in total. The number of hydrogen-bond acceptors (Lipinski definition) is 3. The first-order valence-electron chi connectivity index (χ1n) is 6.64. The lowest BCUT2D eigenvalue weighted by atomic mass is 9.48. The third kappa shape index (κ3) is 1.57. The van der Waals surface area contributed by atoms with Crippen LogP contribution in [-0.4, -0.2) is 25.7 Å². The molecule has 1 aliphatic carbocycles. The summed E-state index contributed by atoms with van der Waals surface area (Å²) < 4.78 is 5.31. The smallest absolute Gasteiger partial charge is 0.316 e. The molecule has 3 rings (SSSR count). The standard InChI is InChI=1S/C15H19NO2/c1-2-18-13(17)15(12-6-4-3-5-7-12)8-14(9-15)10-16-11-14/h3-7,16H,2,8-11H2,1H3. The molecule has 1 spiro atoms. The van der Waals surface area contributed by atoms with Gasteiger partial charge in [0, 0.05) is 13.1 Å². The topological polar surface area (TPSA) is 38.3 Å². The number of nitrogens with one attached hydrogen (secondary N) is 1. The second-order valence-corrected chi connectivity index (χ2v) is 5.63. The maximum atomic E-state index is 12.3. The summed E-state index contributed by atoms with van der Waals surface area (Å²) in [5.74, 6) is -0.0475. The van der Waals surface area contributed by atoms with E-state index in [0.717, 1.165) is 31.5 Å². The minimum absolute atomic E-state index is 0.0475. The van der Waals surface area contributed by atoms with Crippen molar-refractivity contribution < 1.29 is 9.53 Å². The monoisotopic (exact) mass is 245 g/mol. The lowest BCUT2D eigenvalue weighted by Gasteiger charge is -2.59. The first-order chi connectivity index (χ1) is 8.71. The second-order valence-electron chi connectivity index (χ2n) is 5.63. The van der Waals surface area contributed by atoms with Crippen molar-refractivity contribution >= 4 is 5.97 Å². The van der Waals surface area contributed by atoms with Crippen molar-refractivity contribution in [1.82, 2.24) is 5.32 Å². The summed E-state index contributed by atoms with van der Waals surface area (Å²) in [5, 5.41) is 3.31. The van der Waals surface area contributed by atoms with Crippen molar-refractivity contribution in [1.29, 1.82) is 0 Å². The highest BCUT2D eigenvalue weighted by Crippen LogP contribution is 2.58. The van der Waals surface area contributed by atoms with Crippen LogP contribution in [0.3, 0.4) is 0 Å². The van der Waals surface area contributed by atoms with Crippen molar-refractivity contribution in [3.05, 3.63) is 35.9 Å². The molecule has 3 heteroatoms. The zero-order chi connectivity index (χ0) is 12.6. The van der Waals surface area contributed by atoms with Crippen molar-refractivity contribution in [3.63, 3.8) is 0 Å². The average Bonchev–Trinajstić information content (AvgIpc) is 2.28. The van der Waals surface area contributed by atoms with Gasteiger partial charge in [0.15, 0.2) is 0 Å². The predicted molar refractivity (Wildman–Crippen MR) is 69.3 cm³/mol. The fraction of sp³-hybridized carbons (Fsp3) is 0.533. The molecule has 2 aliphatic rings. The highest BCUT2D eigenvalue weighted by molar-refractivity contribution is 5.85. The summed E-state index contributed by atoms with van der Waals surface area (Å²) in [7, 11) is 0.